The summed E-state index contributed by atoms with van der Waals surface area (Å²) in [5.74, 6) is 0. The fraction of sp³-hybridized carbons (Fsp3) is 0.720. The molecule has 0 aliphatic carbocycles. The summed E-state index contributed by atoms with van der Waals surface area (Å²) in [5, 5.41) is 18.1. The van der Waals surface area contributed by atoms with E-state index in [2.05, 4.69) is 11.9 Å². The molecule has 0 bridgehead atoms. The van der Waals surface area contributed by atoms with Crippen molar-refractivity contribution in [3.63, 3.8) is 0 Å². The first kappa shape index (κ1) is 29.0. The van der Waals surface area contributed by atoms with Crippen LogP contribution in [0, 0.1) is 0 Å². The molecule has 2 atom stereocenters. The van der Waals surface area contributed by atoms with Crippen molar-refractivity contribution in [1.29, 1.82) is 0 Å². The molecule has 1 aromatic rings. The fourth-order valence-electron chi connectivity index (χ4n) is 3.99. The van der Waals surface area contributed by atoms with Gasteiger partial charge in [-0.2, -0.15) is 0 Å². The molecule has 0 fully saturated rings. The average Bonchev–Trinajstić information content (AvgIpc) is 2.78. The quantitative estimate of drug-likeness (QED) is 0.179. The summed E-state index contributed by atoms with van der Waals surface area (Å²) in [6.45, 7) is 2.25. The lowest BCUT2D eigenvalue weighted by molar-refractivity contribution is -0.152. The predicted molar refractivity (Wildman–Crippen MR) is 130 cm³/mol. The lowest BCUT2D eigenvalue weighted by Crippen LogP contribution is -2.49. The zero-order valence-electron chi connectivity index (χ0n) is 19.3. The monoisotopic (exact) mass is 487 g/mol. The van der Waals surface area contributed by atoms with Crippen LogP contribution in [0.4, 0.5) is 0 Å². The van der Waals surface area contributed by atoms with Gasteiger partial charge in [0.2, 0.25) is 5.60 Å². The Kier molecular flexibility index (Phi) is 15.0. The molecule has 0 aromatic carbocycles. The van der Waals surface area contributed by atoms with Crippen LogP contribution < -0.4 is 0 Å². The van der Waals surface area contributed by atoms with E-state index in [0.717, 1.165) is 19.3 Å². The van der Waals surface area contributed by atoms with Crippen molar-refractivity contribution in [2.75, 3.05) is 0 Å². The Balaban J connectivity index is 2.32. The summed E-state index contributed by atoms with van der Waals surface area (Å²) in [6.07, 6.45) is 17.3. The summed E-state index contributed by atoms with van der Waals surface area (Å²) in [6, 6.07) is 3.39. The average molecular weight is 488 g/mol. The molecule has 7 heteroatoms. The minimum absolute atomic E-state index is 0.115. The van der Waals surface area contributed by atoms with E-state index in [1.807, 2.05) is 0 Å². The molecule has 1 rings (SSSR count). The molecule has 182 valence electrons. The van der Waals surface area contributed by atoms with E-state index in [1.54, 1.807) is 12.1 Å². The van der Waals surface area contributed by atoms with E-state index in [0.29, 0.717) is 12.0 Å². The maximum atomic E-state index is 11.9. The van der Waals surface area contributed by atoms with E-state index in [-0.39, 0.29) is 5.69 Å². The van der Waals surface area contributed by atoms with Crippen molar-refractivity contribution >= 4 is 33.7 Å². The highest BCUT2D eigenvalue weighted by Crippen LogP contribution is 2.31. The van der Waals surface area contributed by atoms with Crippen LogP contribution in [0.3, 0.4) is 0 Å². The van der Waals surface area contributed by atoms with Gasteiger partial charge in [0.1, 0.15) is 0 Å². The first-order chi connectivity index (χ1) is 15.4. The van der Waals surface area contributed by atoms with E-state index in [4.69, 9.17) is 23.2 Å². The Labute approximate surface area is 202 Å². The molecule has 1 heterocycles. The molecule has 0 spiro atoms. The minimum Gasteiger partial charge on any atom is -0.380 e. The van der Waals surface area contributed by atoms with Crippen LogP contribution in [0.5, 0.6) is 0 Å². The van der Waals surface area contributed by atoms with Gasteiger partial charge in [-0.3, -0.25) is 14.6 Å². The van der Waals surface area contributed by atoms with Gasteiger partial charge < -0.3 is 10.2 Å². The zero-order valence-corrected chi connectivity index (χ0v) is 20.8. The third-order valence-corrected chi connectivity index (χ3v) is 6.46. The second-order valence-corrected chi connectivity index (χ2v) is 9.32. The number of aliphatic hydroxyl groups excluding tert-OH is 1. The van der Waals surface area contributed by atoms with Gasteiger partial charge in [0, 0.05) is 6.20 Å². The number of aromatic nitrogens is 1. The molecule has 0 aliphatic heterocycles. The molecule has 0 saturated heterocycles. The Morgan fingerprint density at radius 2 is 1.38 bits per heavy atom. The van der Waals surface area contributed by atoms with Gasteiger partial charge in [-0.25, -0.2) is 0 Å². The van der Waals surface area contributed by atoms with E-state index >= 15 is 0 Å². The number of unbranched alkanes of at least 4 members (excludes halogenated alkanes) is 13. The Hall–Kier alpha value is -1.01. The molecular formula is C25H39Cl2NO4. The Morgan fingerprint density at radius 1 is 0.906 bits per heavy atom. The molecular weight excluding hydrogens is 449 g/mol. The topological polar surface area (TPSA) is 87.5 Å². The number of carbonyl (C=O) groups excluding carboxylic acids is 2. The highest BCUT2D eigenvalue weighted by Gasteiger charge is 2.49. The highest BCUT2D eigenvalue weighted by atomic mass is 35.5. The lowest BCUT2D eigenvalue weighted by Gasteiger charge is -2.28. The van der Waals surface area contributed by atoms with E-state index in [9.17, 15) is 19.8 Å². The third-order valence-electron chi connectivity index (χ3n) is 5.96. The first-order valence-corrected chi connectivity index (χ1v) is 12.8. The van der Waals surface area contributed by atoms with Crippen molar-refractivity contribution in [3.05, 3.63) is 29.6 Å². The third kappa shape index (κ3) is 9.86. The normalized spacial score (nSPS) is 14.2. The van der Waals surface area contributed by atoms with Crippen LogP contribution >= 0.6 is 23.2 Å². The van der Waals surface area contributed by atoms with Gasteiger partial charge in [0.15, 0.2) is 6.10 Å². The number of aliphatic hydroxyl groups is 2. The Bertz CT molecular complexity index is 686. The number of rotatable bonds is 19. The van der Waals surface area contributed by atoms with Gasteiger partial charge in [-0.15, -0.1) is 0 Å². The van der Waals surface area contributed by atoms with Crippen molar-refractivity contribution < 1.29 is 19.8 Å². The van der Waals surface area contributed by atoms with Crippen molar-refractivity contribution in [1.82, 2.24) is 4.98 Å². The molecule has 0 amide bonds. The second kappa shape index (κ2) is 16.6. The molecule has 32 heavy (non-hydrogen) atoms. The number of pyridine rings is 1. The van der Waals surface area contributed by atoms with Crippen LogP contribution in [0.15, 0.2) is 18.3 Å². The number of hydrogen-bond acceptors (Lipinski definition) is 5. The van der Waals surface area contributed by atoms with Gasteiger partial charge in [-0.1, -0.05) is 96.5 Å². The Morgan fingerprint density at radius 3 is 1.81 bits per heavy atom. The van der Waals surface area contributed by atoms with Crippen LogP contribution in [0.1, 0.15) is 108 Å². The maximum Gasteiger partial charge on any atom is 0.262 e. The standard InChI is InChI=1S/C25H39Cl2NO4/c1-2-3-4-5-6-7-8-9-10-11-12-13-14-15-17-20-18-16-19-28-21(20)25(32,24(27)31)22(29)23(26)30/h16,18-19,22,29,32H,2-15,17H2,1H3. The van der Waals surface area contributed by atoms with Crippen LogP contribution in [-0.2, 0) is 21.6 Å². The lowest BCUT2D eigenvalue weighted by atomic mass is 9.89. The van der Waals surface area contributed by atoms with E-state index in [1.165, 1.54) is 76.8 Å². The second-order valence-electron chi connectivity index (χ2n) is 8.60. The predicted octanol–water partition coefficient (Wildman–Crippen LogP) is 6.18. The van der Waals surface area contributed by atoms with Gasteiger partial charge >= 0.3 is 0 Å². The van der Waals surface area contributed by atoms with Crippen molar-refractivity contribution in [2.24, 2.45) is 0 Å². The van der Waals surface area contributed by atoms with Crippen LogP contribution in [-0.4, -0.2) is 31.8 Å². The fourth-order valence-corrected chi connectivity index (χ4v) is 4.34. The van der Waals surface area contributed by atoms with Gasteiger partial charge in [-0.05, 0) is 47.7 Å². The van der Waals surface area contributed by atoms with Gasteiger partial charge in [0.25, 0.3) is 10.5 Å². The highest BCUT2D eigenvalue weighted by molar-refractivity contribution is 6.68. The number of halogens is 2. The van der Waals surface area contributed by atoms with Gasteiger partial charge in [0.05, 0.1) is 5.69 Å². The molecule has 5 nitrogen and oxygen atoms in total. The first-order valence-electron chi connectivity index (χ1n) is 12.1. The van der Waals surface area contributed by atoms with Crippen LogP contribution in [0.2, 0.25) is 0 Å². The molecule has 2 unspecified atom stereocenters. The minimum atomic E-state index is -2.66. The summed E-state index contributed by atoms with van der Waals surface area (Å²) >= 11 is 10.8. The van der Waals surface area contributed by atoms with Crippen molar-refractivity contribution in [2.45, 2.75) is 115 Å². The number of hydrogen-bond donors (Lipinski definition) is 2. The molecule has 1 aromatic heterocycles. The summed E-state index contributed by atoms with van der Waals surface area (Å²) in [4.78, 5) is 27.3. The summed E-state index contributed by atoms with van der Waals surface area (Å²) in [5.41, 5.74) is -2.21. The molecule has 2 N–H and O–H groups in total. The molecule has 0 aliphatic rings. The SMILES string of the molecule is CCCCCCCCCCCCCCCCc1cccnc1C(O)(C(=O)Cl)C(O)C(=O)Cl. The smallest absolute Gasteiger partial charge is 0.262 e. The van der Waals surface area contributed by atoms with Crippen LogP contribution in [0.25, 0.3) is 0 Å². The number of carbonyl (C=O) groups is 2. The summed E-state index contributed by atoms with van der Waals surface area (Å²) in [7, 11) is 0. The summed E-state index contributed by atoms with van der Waals surface area (Å²) < 4.78 is 0. The zero-order chi connectivity index (χ0) is 23.8. The maximum absolute atomic E-state index is 11.9. The number of aryl methyl sites for hydroxylation is 1. The molecule has 0 radical (unpaired) electrons. The molecule has 0 saturated carbocycles. The number of nitrogens with zero attached hydrogens (tertiary/aromatic N) is 1. The van der Waals surface area contributed by atoms with Crippen molar-refractivity contribution in [3.8, 4) is 0 Å². The largest absolute Gasteiger partial charge is 0.380 e. The van der Waals surface area contributed by atoms with E-state index < -0.39 is 22.2 Å².